The molecule has 2 rings (SSSR count). The van der Waals surface area contributed by atoms with Crippen LogP contribution >= 0.6 is 23.2 Å². The Kier molecular flexibility index (Phi) is 6.16. The minimum absolute atomic E-state index is 0.435. The van der Waals surface area contributed by atoms with E-state index in [4.69, 9.17) is 23.2 Å². The summed E-state index contributed by atoms with van der Waals surface area (Å²) in [7, 11) is 2.03. The van der Waals surface area contributed by atoms with Gasteiger partial charge in [-0.1, -0.05) is 42.6 Å². The van der Waals surface area contributed by atoms with Gasteiger partial charge in [0.05, 0.1) is 10.0 Å². The monoisotopic (exact) mass is 314 g/mol. The van der Waals surface area contributed by atoms with E-state index in [9.17, 15) is 0 Å². The summed E-state index contributed by atoms with van der Waals surface area (Å²) in [6.07, 6.45) is 3.86. The number of nitrogens with zero attached hydrogens (tertiary/aromatic N) is 1. The molecule has 0 amide bonds. The van der Waals surface area contributed by atoms with Gasteiger partial charge in [0.2, 0.25) is 0 Å². The fourth-order valence-corrected chi connectivity index (χ4v) is 3.63. The minimum Gasteiger partial charge on any atom is -0.319 e. The lowest BCUT2D eigenvalue weighted by Gasteiger charge is -2.35. The van der Waals surface area contributed by atoms with Crippen molar-refractivity contribution in [1.29, 1.82) is 0 Å². The third-order valence-electron chi connectivity index (χ3n) is 4.27. The van der Waals surface area contributed by atoms with Gasteiger partial charge >= 0.3 is 0 Å². The summed E-state index contributed by atoms with van der Waals surface area (Å²) in [6, 6.07) is 6.54. The van der Waals surface area contributed by atoms with Gasteiger partial charge < -0.3 is 5.32 Å². The Balaban J connectivity index is 2.34. The standard InChI is InChI=1S/C16H24Cl2N2/c1-3-20-9-5-4-6-13(11-19-2)16(20)12-7-8-14(17)15(18)10-12/h7-8,10,13,16,19H,3-6,9,11H2,1-2H3. The van der Waals surface area contributed by atoms with E-state index in [-0.39, 0.29) is 0 Å². The Hall–Kier alpha value is -0.280. The molecule has 0 saturated carbocycles. The van der Waals surface area contributed by atoms with E-state index in [0.717, 1.165) is 13.1 Å². The van der Waals surface area contributed by atoms with Crippen molar-refractivity contribution < 1.29 is 0 Å². The van der Waals surface area contributed by atoms with E-state index < -0.39 is 0 Å². The zero-order valence-electron chi connectivity index (χ0n) is 12.3. The van der Waals surface area contributed by atoms with Gasteiger partial charge in [0.15, 0.2) is 0 Å². The number of hydrogen-bond donors (Lipinski definition) is 1. The third kappa shape index (κ3) is 3.67. The second-order valence-corrected chi connectivity index (χ2v) is 6.37. The lowest BCUT2D eigenvalue weighted by Crippen LogP contribution is -2.36. The number of likely N-dealkylation sites (tertiary alicyclic amines) is 1. The molecule has 0 bridgehead atoms. The zero-order valence-corrected chi connectivity index (χ0v) is 13.8. The van der Waals surface area contributed by atoms with Crippen LogP contribution in [0.25, 0.3) is 0 Å². The van der Waals surface area contributed by atoms with E-state index in [1.165, 1.54) is 31.4 Å². The summed E-state index contributed by atoms with van der Waals surface area (Å²) in [4.78, 5) is 2.58. The maximum absolute atomic E-state index is 6.22. The molecule has 0 aromatic heterocycles. The van der Waals surface area contributed by atoms with E-state index in [1.807, 2.05) is 19.2 Å². The second-order valence-electron chi connectivity index (χ2n) is 5.56. The van der Waals surface area contributed by atoms with E-state index in [1.54, 1.807) is 0 Å². The average Bonchev–Trinajstić information content (AvgIpc) is 2.64. The summed E-state index contributed by atoms with van der Waals surface area (Å²) in [5, 5.41) is 4.65. The van der Waals surface area contributed by atoms with Crippen molar-refractivity contribution in [2.75, 3.05) is 26.7 Å². The van der Waals surface area contributed by atoms with Crippen molar-refractivity contribution in [3.63, 3.8) is 0 Å². The van der Waals surface area contributed by atoms with Crippen LogP contribution in [0, 0.1) is 5.92 Å². The highest BCUT2D eigenvalue weighted by atomic mass is 35.5. The Labute approximate surface area is 132 Å². The normalized spacial score (nSPS) is 24.6. The SMILES string of the molecule is CCN1CCCCC(CNC)C1c1ccc(Cl)c(Cl)c1. The Morgan fingerprint density at radius 2 is 2.05 bits per heavy atom. The molecule has 1 N–H and O–H groups in total. The van der Waals surface area contributed by atoms with Crippen molar-refractivity contribution in [2.24, 2.45) is 5.92 Å². The van der Waals surface area contributed by atoms with Crippen LogP contribution in [0.1, 0.15) is 37.8 Å². The molecule has 2 nitrogen and oxygen atoms in total. The molecule has 4 heteroatoms. The molecule has 1 aliphatic heterocycles. The highest BCUT2D eigenvalue weighted by Crippen LogP contribution is 2.37. The van der Waals surface area contributed by atoms with Crippen molar-refractivity contribution >= 4 is 23.2 Å². The van der Waals surface area contributed by atoms with Crippen LogP contribution in [0.2, 0.25) is 10.0 Å². The number of rotatable bonds is 4. The van der Waals surface area contributed by atoms with Gasteiger partial charge in [0, 0.05) is 6.04 Å². The van der Waals surface area contributed by atoms with Crippen LogP contribution in [0.4, 0.5) is 0 Å². The molecule has 1 heterocycles. The smallest absolute Gasteiger partial charge is 0.0595 e. The van der Waals surface area contributed by atoms with Gasteiger partial charge in [0.1, 0.15) is 0 Å². The molecule has 112 valence electrons. The van der Waals surface area contributed by atoms with E-state index in [2.05, 4.69) is 23.2 Å². The molecule has 2 atom stereocenters. The number of nitrogens with one attached hydrogen (secondary N) is 1. The molecule has 2 unspecified atom stereocenters. The first kappa shape index (κ1) is 16.1. The highest BCUT2D eigenvalue weighted by Gasteiger charge is 2.30. The molecule has 1 aromatic carbocycles. The second kappa shape index (κ2) is 7.65. The summed E-state index contributed by atoms with van der Waals surface area (Å²) >= 11 is 12.3. The first-order valence-electron chi connectivity index (χ1n) is 7.51. The first-order chi connectivity index (χ1) is 9.67. The maximum atomic E-state index is 6.22. The van der Waals surface area contributed by atoms with Crippen molar-refractivity contribution in [3.05, 3.63) is 33.8 Å². The van der Waals surface area contributed by atoms with Gasteiger partial charge in [-0.25, -0.2) is 0 Å². The zero-order chi connectivity index (χ0) is 14.5. The number of halogens is 2. The largest absolute Gasteiger partial charge is 0.319 e. The predicted molar refractivity (Wildman–Crippen MR) is 87.7 cm³/mol. The summed E-state index contributed by atoms with van der Waals surface area (Å²) in [5.41, 5.74) is 1.29. The topological polar surface area (TPSA) is 15.3 Å². The predicted octanol–water partition coefficient (Wildman–Crippen LogP) is 4.38. The fourth-order valence-electron chi connectivity index (χ4n) is 3.33. The Morgan fingerprint density at radius 3 is 2.70 bits per heavy atom. The Bertz CT molecular complexity index is 436. The van der Waals surface area contributed by atoms with Crippen LogP contribution in [0.5, 0.6) is 0 Å². The van der Waals surface area contributed by atoms with Crippen molar-refractivity contribution in [2.45, 2.75) is 32.2 Å². The quantitative estimate of drug-likeness (QED) is 0.887. The van der Waals surface area contributed by atoms with Crippen LogP contribution in [0.3, 0.4) is 0 Å². The molecule has 1 fully saturated rings. The Morgan fingerprint density at radius 1 is 1.25 bits per heavy atom. The van der Waals surface area contributed by atoms with E-state index in [0.29, 0.717) is 22.0 Å². The summed E-state index contributed by atoms with van der Waals surface area (Å²) < 4.78 is 0. The number of benzene rings is 1. The molecule has 20 heavy (non-hydrogen) atoms. The van der Waals surface area contributed by atoms with Crippen LogP contribution in [-0.4, -0.2) is 31.6 Å². The molecule has 1 aromatic rings. The van der Waals surface area contributed by atoms with Crippen molar-refractivity contribution in [3.8, 4) is 0 Å². The van der Waals surface area contributed by atoms with Gasteiger partial charge in [-0.15, -0.1) is 0 Å². The van der Waals surface area contributed by atoms with Crippen molar-refractivity contribution in [1.82, 2.24) is 10.2 Å². The summed E-state index contributed by atoms with van der Waals surface area (Å²) in [5.74, 6) is 0.625. The molecular formula is C16H24Cl2N2. The summed E-state index contributed by atoms with van der Waals surface area (Å²) in [6.45, 7) is 5.53. The van der Waals surface area contributed by atoms with Gasteiger partial charge in [-0.05, 0) is 63.1 Å². The molecule has 0 spiro atoms. The van der Waals surface area contributed by atoms with Gasteiger partial charge in [0.25, 0.3) is 0 Å². The molecule has 0 aliphatic carbocycles. The lowest BCUT2D eigenvalue weighted by atomic mass is 9.89. The molecular weight excluding hydrogens is 291 g/mol. The highest BCUT2D eigenvalue weighted by molar-refractivity contribution is 6.42. The fraction of sp³-hybridized carbons (Fsp3) is 0.625. The van der Waals surface area contributed by atoms with Crippen LogP contribution in [0.15, 0.2) is 18.2 Å². The average molecular weight is 315 g/mol. The van der Waals surface area contributed by atoms with Gasteiger partial charge in [-0.3, -0.25) is 4.90 Å². The van der Waals surface area contributed by atoms with Gasteiger partial charge in [-0.2, -0.15) is 0 Å². The third-order valence-corrected chi connectivity index (χ3v) is 5.01. The molecule has 1 saturated heterocycles. The van der Waals surface area contributed by atoms with E-state index >= 15 is 0 Å². The minimum atomic E-state index is 0.435. The van der Waals surface area contributed by atoms with Crippen LogP contribution < -0.4 is 5.32 Å². The number of hydrogen-bond acceptors (Lipinski definition) is 2. The molecule has 1 aliphatic rings. The van der Waals surface area contributed by atoms with Crippen LogP contribution in [-0.2, 0) is 0 Å². The first-order valence-corrected chi connectivity index (χ1v) is 8.26. The lowest BCUT2D eigenvalue weighted by molar-refractivity contribution is 0.162. The maximum Gasteiger partial charge on any atom is 0.0595 e. The molecule has 0 radical (unpaired) electrons.